The van der Waals surface area contributed by atoms with Crippen LogP contribution >= 0.6 is 0 Å². The second-order valence-electron chi connectivity index (χ2n) is 4.19. The molecule has 0 aromatic rings. The molecule has 5 atom stereocenters. The number of nitrogens with one attached hydrogen (secondary N) is 2. The van der Waals surface area contributed by atoms with Crippen LogP contribution in [0.5, 0.6) is 0 Å². The number of hydrogen-bond acceptors (Lipinski definition) is 6. The topological polar surface area (TPSA) is 128 Å². The van der Waals surface area contributed by atoms with Crippen LogP contribution in [0.15, 0.2) is 0 Å². The van der Waals surface area contributed by atoms with Gasteiger partial charge in [-0.15, -0.1) is 0 Å². The molecular weight excluding hydrogens is 244 g/mol. The summed E-state index contributed by atoms with van der Waals surface area (Å²) in [6.07, 6.45) is -3.69. The molecule has 2 amide bonds. The molecule has 8 heteroatoms. The van der Waals surface area contributed by atoms with Gasteiger partial charge in [0.15, 0.2) is 6.29 Å². The number of aliphatic hydroxyl groups is 3. The van der Waals surface area contributed by atoms with E-state index in [1.165, 1.54) is 13.8 Å². The highest BCUT2D eigenvalue weighted by molar-refractivity contribution is 5.75. The summed E-state index contributed by atoms with van der Waals surface area (Å²) < 4.78 is 4.96. The second kappa shape index (κ2) is 6.10. The molecule has 1 aliphatic rings. The minimum atomic E-state index is -1.42. The van der Waals surface area contributed by atoms with Crippen LogP contribution in [-0.2, 0) is 14.3 Å². The lowest BCUT2D eigenvalue weighted by Crippen LogP contribution is -2.68. The van der Waals surface area contributed by atoms with Gasteiger partial charge in [0, 0.05) is 13.8 Å². The molecule has 0 aromatic carbocycles. The van der Waals surface area contributed by atoms with Gasteiger partial charge in [-0.3, -0.25) is 9.59 Å². The molecule has 1 aliphatic heterocycles. The fraction of sp³-hybridized carbons (Fsp3) is 0.800. The molecule has 0 aromatic heterocycles. The molecule has 0 unspecified atom stereocenters. The SMILES string of the molecule is CC(=O)N[C@H]1[C@@H](O)[C@@H](CO)O[C@@H](O)[C@H]1NC(C)=O. The second-order valence-corrected chi connectivity index (χ2v) is 4.19. The van der Waals surface area contributed by atoms with E-state index in [-0.39, 0.29) is 0 Å². The van der Waals surface area contributed by atoms with Crippen molar-refractivity contribution in [3.05, 3.63) is 0 Å². The summed E-state index contributed by atoms with van der Waals surface area (Å²) in [6.45, 7) is 1.97. The van der Waals surface area contributed by atoms with Crippen molar-refractivity contribution in [2.75, 3.05) is 6.61 Å². The van der Waals surface area contributed by atoms with E-state index < -0.39 is 49.0 Å². The van der Waals surface area contributed by atoms with Crippen molar-refractivity contribution in [1.29, 1.82) is 0 Å². The van der Waals surface area contributed by atoms with Crippen LogP contribution < -0.4 is 10.6 Å². The van der Waals surface area contributed by atoms with Crippen LogP contribution in [0, 0.1) is 0 Å². The monoisotopic (exact) mass is 262 g/mol. The molecule has 8 nitrogen and oxygen atoms in total. The first-order chi connectivity index (χ1) is 8.36. The van der Waals surface area contributed by atoms with Crippen LogP contribution in [-0.4, -0.2) is 64.3 Å². The van der Waals surface area contributed by atoms with E-state index in [2.05, 4.69) is 10.6 Å². The molecule has 0 spiro atoms. The Labute approximate surface area is 104 Å². The summed E-state index contributed by atoms with van der Waals surface area (Å²) in [5, 5.41) is 33.4. The van der Waals surface area contributed by atoms with Crippen molar-refractivity contribution < 1.29 is 29.6 Å². The van der Waals surface area contributed by atoms with Gasteiger partial charge in [0.05, 0.1) is 12.6 Å². The first kappa shape index (κ1) is 14.8. The highest BCUT2D eigenvalue weighted by atomic mass is 16.6. The number of hydrogen-bond donors (Lipinski definition) is 5. The summed E-state index contributed by atoms with van der Waals surface area (Å²) in [4.78, 5) is 22.1. The number of carbonyl (C=O) groups is 2. The van der Waals surface area contributed by atoms with Crippen LogP contribution in [0.4, 0.5) is 0 Å². The van der Waals surface area contributed by atoms with Crippen molar-refractivity contribution in [2.24, 2.45) is 0 Å². The maximum absolute atomic E-state index is 11.1. The molecule has 1 saturated heterocycles. The van der Waals surface area contributed by atoms with E-state index in [0.717, 1.165) is 0 Å². The highest BCUT2D eigenvalue weighted by Gasteiger charge is 2.45. The Morgan fingerprint density at radius 3 is 2.06 bits per heavy atom. The summed E-state index contributed by atoms with van der Waals surface area (Å²) in [7, 11) is 0. The van der Waals surface area contributed by atoms with Crippen molar-refractivity contribution in [1.82, 2.24) is 10.6 Å². The Hall–Kier alpha value is -1.22. The van der Waals surface area contributed by atoms with E-state index >= 15 is 0 Å². The van der Waals surface area contributed by atoms with Gasteiger partial charge in [-0.1, -0.05) is 0 Å². The first-order valence-electron chi connectivity index (χ1n) is 5.53. The van der Waals surface area contributed by atoms with Gasteiger partial charge in [-0.2, -0.15) is 0 Å². The van der Waals surface area contributed by atoms with Crippen LogP contribution in [0.3, 0.4) is 0 Å². The summed E-state index contributed by atoms with van der Waals surface area (Å²) >= 11 is 0. The first-order valence-corrected chi connectivity index (χ1v) is 5.53. The minimum Gasteiger partial charge on any atom is -0.394 e. The maximum Gasteiger partial charge on any atom is 0.217 e. The highest BCUT2D eigenvalue weighted by Crippen LogP contribution is 2.19. The Balaban J connectivity index is 2.89. The molecule has 1 heterocycles. The molecule has 0 bridgehead atoms. The molecule has 5 N–H and O–H groups in total. The number of rotatable bonds is 3. The predicted octanol–water partition coefficient (Wildman–Crippen LogP) is -2.93. The lowest BCUT2D eigenvalue weighted by atomic mass is 9.94. The Morgan fingerprint density at radius 1 is 1.11 bits per heavy atom. The molecule has 0 aliphatic carbocycles. The number of amides is 2. The Kier molecular flexibility index (Phi) is 5.03. The van der Waals surface area contributed by atoms with Gasteiger partial charge < -0.3 is 30.7 Å². The van der Waals surface area contributed by atoms with Crippen molar-refractivity contribution in [2.45, 2.75) is 44.4 Å². The molecule has 1 fully saturated rings. The zero-order valence-electron chi connectivity index (χ0n) is 10.2. The van der Waals surface area contributed by atoms with E-state index in [1.54, 1.807) is 0 Å². The fourth-order valence-corrected chi connectivity index (χ4v) is 1.92. The largest absolute Gasteiger partial charge is 0.394 e. The van der Waals surface area contributed by atoms with Gasteiger partial charge >= 0.3 is 0 Å². The molecule has 0 radical (unpaired) electrons. The molecule has 0 saturated carbocycles. The Bertz CT molecular complexity index is 323. The quantitative estimate of drug-likeness (QED) is 0.370. The third-order valence-electron chi connectivity index (χ3n) is 2.68. The summed E-state index contributed by atoms with van der Waals surface area (Å²) in [5.74, 6) is -0.868. The molecule has 18 heavy (non-hydrogen) atoms. The minimum absolute atomic E-state index is 0.430. The van der Waals surface area contributed by atoms with Gasteiger partial charge in [0.1, 0.15) is 18.2 Å². The third-order valence-corrected chi connectivity index (χ3v) is 2.68. The lowest BCUT2D eigenvalue weighted by molar-refractivity contribution is -0.230. The van der Waals surface area contributed by atoms with E-state index in [1.807, 2.05) is 0 Å². The zero-order valence-corrected chi connectivity index (χ0v) is 10.2. The van der Waals surface area contributed by atoms with Crippen molar-refractivity contribution in [3.8, 4) is 0 Å². The smallest absolute Gasteiger partial charge is 0.217 e. The van der Waals surface area contributed by atoms with Gasteiger partial charge in [-0.25, -0.2) is 0 Å². The summed E-state index contributed by atoms with van der Waals surface area (Å²) in [5.41, 5.74) is 0. The molecular formula is C10H18N2O6. The van der Waals surface area contributed by atoms with Crippen LogP contribution in [0.2, 0.25) is 0 Å². The fourth-order valence-electron chi connectivity index (χ4n) is 1.92. The van der Waals surface area contributed by atoms with E-state index in [4.69, 9.17) is 9.84 Å². The van der Waals surface area contributed by atoms with Crippen molar-refractivity contribution in [3.63, 3.8) is 0 Å². The van der Waals surface area contributed by atoms with Crippen LogP contribution in [0.25, 0.3) is 0 Å². The van der Waals surface area contributed by atoms with E-state index in [9.17, 15) is 19.8 Å². The maximum atomic E-state index is 11.1. The van der Waals surface area contributed by atoms with E-state index in [0.29, 0.717) is 0 Å². The Morgan fingerprint density at radius 2 is 1.61 bits per heavy atom. The normalized spacial score (nSPS) is 35.9. The van der Waals surface area contributed by atoms with Crippen LogP contribution in [0.1, 0.15) is 13.8 Å². The average Bonchev–Trinajstić information content (AvgIpc) is 2.27. The standard InChI is InChI=1S/C10H18N2O6/c1-4(14)11-7-8(12-5(2)15)10(17)18-6(3-13)9(7)16/h6-10,13,16-17H,3H2,1-2H3,(H,11,14)(H,12,15)/t6-,7-,8+,9+,10-/m1/s1. The van der Waals surface area contributed by atoms with Gasteiger partial charge in [-0.05, 0) is 0 Å². The van der Waals surface area contributed by atoms with Gasteiger partial charge in [0.2, 0.25) is 11.8 Å². The summed E-state index contributed by atoms with van der Waals surface area (Å²) in [6, 6.07) is -1.92. The zero-order chi connectivity index (χ0) is 13.9. The van der Waals surface area contributed by atoms with Gasteiger partial charge in [0.25, 0.3) is 0 Å². The lowest BCUT2D eigenvalue weighted by Gasteiger charge is -2.42. The molecule has 1 rings (SSSR count). The number of ether oxygens (including phenoxy) is 1. The van der Waals surface area contributed by atoms with Crippen molar-refractivity contribution >= 4 is 11.8 Å². The number of carbonyl (C=O) groups excluding carboxylic acids is 2. The number of aliphatic hydroxyl groups excluding tert-OH is 3. The predicted molar refractivity (Wildman–Crippen MR) is 59.2 cm³/mol. The average molecular weight is 262 g/mol. The molecule has 104 valence electrons. The third kappa shape index (κ3) is 3.39.